The van der Waals surface area contributed by atoms with Crippen LogP contribution in [-0.2, 0) is 31.9 Å². The van der Waals surface area contributed by atoms with Crippen LogP contribution in [0, 0.1) is 0 Å². The van der Waals surface area contributed by atoms with Crippen molar-refractivity contribution in [1.82, 2.24) is 19.2 Å². The van der Waals surface area contributed by atoms with E-state index in [1.807, 2.05) is 0 Å². The molecule has 2 amide bonds. The Bertz CT molecular complexity index is 1730. The number of hydrogen-bond acceptors (Lipinski definition) is 7. The fraction of sp³-hybridized carbons (Fsp3) is 0.583. The van der Waals surface area contributed by atoms with Gasteiger partial charge in [-0.1, -0.05) is 37.8 Å². The summed E-state index contributed by atoms with van der Waals surface area (Å²) in [6.45, 7) is 15.0. The predicted molar refractivity (Wildman–Crippen MR) is 192 cm³/mol. The lowest BCUT2D eigenvalue weighted by Gasteiger charge is -2.30. The van der Waals surface area contributed by atoms with Crippen molar-refractivity contribution in [2.45, 2.75) is 121 Å². The fourth-order valence-electron chi connectivity index (χ4n) is 5.68. The number of nitrogens with one attached hydrogen (secondary N) is 1. The van der Waals surface area contributed by atoms with Gasteiger partial charge in [0.05, 0.1) is 62.7 Å². The highest BCUT2D eigenvalue weighted by molar-refractivity contribution is 7.84. The van der Waals surface area contributed by atoms with Gasteiger partial charge in [-0.25, -0.2) is 13.9 Å². The quantitative estimate of drug-likeness (QED) is 0.0929. The number of hydrogen-bond donors (Lipinski definition) is 1. The number of carbonyl (C=O) groups excluding carboxylic acids is 2. The van der Waals surface area contributed by atoms with Crippen LogP contribution in [0.3, 0.4) is 0 Å². The Morgan fingerprint density at radius 1 is 1.02 bits per heavy atom. The second-order valence-corrected chi connectivity index (χ2v) is 23.2. The first-order chi connectivity index (χ1) is 23.8. The molecule has 5 atom stereocenters. The Labute approximate surface area is 301 Å². The standard InChI is InChI=1S/C36H49F3N4O6SSi/c1-22(49-23(2)36(37,38)39)31(41-50(46)35(3,4)5)32-40-28-19-24(13-16-29(28)42(32)21-47-17-18-51(6,7)8)30(20-48-25-14-15-25)43-33(44)26-11-9-10-12-27(26)34(43)45/h9-13,16,19,22-23,25,30-31,41H,14-15,17-18,20-21H2,1-8H3/t22-,23+,30-,31+,50?/m1/s1. The van der Waals surface area contributed by atoms with Crippen LogP contribution in [0.4, 0.5) is 13.2 Å². The number of benzene rings is 2. The number of halogens is 3. The summed E-state index contributed by atoms with van der Waals surface area (Å²) in [7, 11) is -3.16. The molecule has 3 aromatic rings. The third-order valence-electron chi connectivity index (χ3n) is 8.97. The van der Waals surface area contributed by atoms with Crippen molar-refractivity contribution in [2.24, 2.45) is 0 Å². The molecule has 1 aliphatic carbocycles. The maximum atomic E-state index is 13.7. The minimum atomic E-state index is -4.61. The van der Waals surface area contributed by atoms with Crippen molar-refractivity contribution in [3.8, 4) is 0 Å². The van der Waals surface area contributed by atoms with E-state index in [2.05, 4.69) is 24.4 Å². The minimum Gasteiger partial charge on any atom is -0.376 e. The van der Waals surface area contributed by atoms with Gasteiger partial charge in [0.2, 0.25) is 0 Å². The minimum absolute atomic E-state index is 0.0319. The maximum Gasteiger partial charge on any atom is 0.414 e. The molecule has 0 bridgehead atoms. The van der Waals surface area contributed by atoms with Gasteiger partial charge in [0.1, 0.15) is 18.6 Å². The van der Waals surface area contributed by atoms with E-state index in [1.54, 1.807) is 67.8 Å². The van der Waals surface area contributed by atoms with Crippen molar-refractivity contribution in [2.75, 3.05) is 13.2 Å². The normalized spacial score (nSPS) is 18.6. The number of alkyl halides is 3. The lowest BCUT2D eigenvalue weighted by Crippen LogP contribution is -2.43. The third-order valence-corrected chi connectivity index (χ3v) is 12.3. The van der Waals surface area contributed by atoms with E-state index in [0.29, 0.717) is 34.3 Å². The van der Waals surface area contributed by atoms with Crippen LogP contribution in [0.15, 0.2) is 42.5 Å². The summed E-state index contributed by atoms with van der Waals surface area (Å²) < 4.78 is 76.3. The highest BCUT2D eigenvalue weighted by Crippen LogP contribution is 2.36. The molecule has 1 unspecified atom stereocenters. The first kappa shape index (κ1) is 39.3. The highest BCUT2D eigenvalue weighted by atomic mass is 32.2. The highest BCUT2D eigenvalue weighted by Gasteiger charge is 2.43. The van der Waals surface area contributed by atoms with E-state index in [9.17, 15) is 27.0 Å². The van der Waals surface area contributed by atoms with Crippen molar-refractivity contribution in [3.63, 3.8) is 0 Å². The fourth-order valence-corrected chi connectivity index (χ4v) is 7.32. The van der Waals surface area contributed by atoms with Crippen LogP contribution in [-0.4, -0.2) is 81.0 Å². The zero-order valence-corrected chi connectivity index (χ0v) is 32.3. The summed E-state index contributed by atoms with van der Waals surface area (Å²) >= 11 is 0. The summed E-state index contributed by atoms with van der Waals surface area (Å²) in [5.41, 5.74) is 2.31. The summed E-state index contributed by atoms with van der Waals surface area (Å²) in [6, 6.07) is 11.1. The largest absolute Gasteiger partial charge is 0.414 e. The molecule has 0 spiro atoms. The number of amides is 2. The van der Waals surface area contributed by atoms with Gasteiger partial charge in [-0.05, 0) is 83.3 Å². The van der Waals surface area contributed by atoms with Crippen molar-refractivity contribution in [1.29, 1.82) is 0 Å². The van der Waals surface area contributed by atoms with Crippen LogP contribution in [0.25, 0.3) is 11.0 Å². The van der Waals surface area contributed by atoms with Crippen molar-refractivity contribution < 1.29 is 41.2 Å². The molecular weight excluding hydrogens is 702 g/mol. The van der Waals surface area contributed by atoms with Gasteiger partial charge < -0.3 is 18.8 Å². The molecule has 51 heavy (non-hydrogen) atoms. The molecule has 15 heteroatoms. The SMILES string of the molecule is C[C@H](O[C@H](C)[C@H](NS(=O)C(C)(C)C)c1nc2cc([C@@H](COC3CC3)N3C(=O)c4ccccc4C3=O)ccc2n1COCC[Si](C)(C)C)C(F)(F)F. The van der Waals surface area contributed by atoms with E-state index in [-0.39, 0.29) is 25.3 Å². The number of fused-ring (bicyclic) bond motifs is 2. The van der Waals surface area contributed by atoms with E-state index in [0.717, 1.165) is 25.8 Å². The topological polar surface area (TPSA) is 112 Å². The van der Waals surface area contributed by atoms with Crippen LogP contribution >= 0.6 is 0 Å². The molecule has 10 nitrogen and oxygen atoms in total. The van der Waals surface area contributed by atoms with Gasteiger partial charge in [0.25, 0.3) is 11.8 Å². The monoisotopic (exact) mass is 750 g/mol. The van der Waals surface area contributed by atoms with Crippen LogP contribution in [0.5, 0.6) is 0 Å². The predicted octanol–water partition coefficient (Wildman–Crippen LogP) is 7.31. The van der Waals surface area contributed by atoms with Gasteiger partial charge in [0.15, 0.2) is 6.10 Å². The molecule has 1 aliphatic heterocycles. The van der Waals surface area contributed by atoms with E-state index in [1.165, 1.54) is 11.8 Å². The number of aromatic nitrogens is 2. The third kappa shape index (κ3) is 9.35. The van der Waals surface area contributed by atoms with Crippen LogP contribution in [0.2, 0.25) is 25.7 Å². The molecule has 2 heterocycles. The molecule has 280 valence electrons. The Hall–Kier alpha value is -2.95. The van der Waals surface area contributed by atoms with Gasteiger partial charge in [-0.2, -0.15) is 13.2 Å². The molecular formula is C36H49F3N4O6SSi. The Kier molecular flexibility index (Phi) is 11.7. The Morgan fingerprint density at radius 3 is 2.20 bits per heavy atom. The van der Waals surface area contributed by atoms with E-state index in [4.69, 9.17) is 19.2 Å². The smallest absolute Gasteiger partial charge is 0.376 e. The Morgan fingerprint density at radius 2 is 1.65 bits per heavy atom. The number of imide groups is 1. The first-order valence-corrected chi connectivity index (χ1v) is 22.2. The number of rotatable bonds is 16. The van der Waals surface area contributed by atoms with Gasteiger partial charge in [-0.3, -0.25) is 14.5 Å². The summed E-state index contributed by atoms with van der Waals surface area (Å²) in [4.78, 5) is 33.4. The van der Waals surface area contributed by atoms with Gasteiger partial charge in [-0.15, -0.1) is 0 Å². The molecule has 2 aliphatic rings. The van der Waals surface area contributed by atoms with Gasteiger partial charge >= 0.3 is 6.18 Å². The van der Waals surface area contributed by atoms with Gasteiger partial charge in [0, 0.05) is 14.7 Å². The zero-order chi connectivity index (χ0) is 37.5. The summed E-state index contributed by atoms with van der Waals surface area (Å²) in [5, 5.41) is 0. The number of imidazole rings is 1. The summed E-state index contributed by atoms with van der Waals surface area (Å²) in [5.74, 6) is -0.553. The molecule has 0 saturated heterocycles. The lowest BCUT2D eigenvalue weighted by atomic mass is 10.0. The van der Waals surface area contributed by atoms with Crippen LogP contribution < -0.4 is 4.72 Å². The van der Waals surface area contributed by atoms with Crippen molar-refractivity contribution in [3.05, 3.63) is 65.0 Å². The molecule has 1 N–H and O–H groups in total. The Balaban J connectivity index is 1.59. The van der Waals surface area contributed by atoms with Crippen molar-refractivity contribution >= 4 is 41.9 Å². The molecule has 0 radical (unpaired) electrons. The molecule has 1 fully saturated rings. The average Bonchev–Trinajstić information content (AvgIpc) is 3.75. The first-order valence-electron chi connectivity index (χ1n) is 17.3. The lowest BCUT2D eigenvalue weighted by molar-refractivity contribution is -0.227. The maximum absolute atomic E-state index is 13.7. The second-order valence-electron chi connectivity index (χ2n) is 15.6. The van der Waals surface area contributed by atoms with Crippen LogP contribution in [0.1, 0.15) is 91.6 Å². The molecule has 2 aromatic carbocycles. The van der Waals surface area contributed by atoms with E-state index >= 15 is 0 Å². The summed E-state index contributed by atoms with van der Waals surface area (Å²) in [6.07, 6.45) is -5.97. The number of nitrogens with zero attached hydrogens (tertiary/aromatic N) is 3. The molecule has 1 aromatic heterocycles. The number of ether oxygens (including phenoxy) is 3. The molecule has 5 rings (SSSR count). The van der Waals surface area contributed by atoms with E-state index < -0.39 is 66.1 Å². The molecule has 1 saturated carbocycles. The number of carbonyl (C=O) groups is 2. The zero-order valence-electron chi connectivity index (χ0n) is 30.5. The second kappa shape index (κ2) is 15.2. The average molecular weight is 751 g/mol.